The predicted molar refractivity (Wildman–Crippen MR) is 122 cm³/mol. The number of nitrogens with zero attached hydrogens (tertiary/aromatic N) is 2. The molecule has 4 nitrogen and oxygen atoms in total. The molecule has 2 aromatic rings. The van der Waals surface area contributed by atoms with E-state index in [0.29, 0.717) is 19.1 Å². The Bertz CT molecular complexity index is 731. The lowest BCUT2D eigenvalue weighted by atomic mass is 10.0. The number of hydrogen-bond donors (Lipinski definition) is 1. The van der Waals surface area contributed by atoms with E-state index in [4.69, 9.17) is 4.74 Å². The Kier molecular flexibility index (Phi) is 9.44. The Labute approximate surface area is 181 Å². The molecule has 0 bridgehead atoms. The van der Waals surface area contributed by atoms with Crippen LogP contribution in [0.1, 0.15) is 36.5 Å². The van der Waals surface area contributed by atoms with Crippen LogP contribution in [0.4, 0.5) is 0 Å². The van der Waals surface area contributed by atoms with Gasteiger partial charge in [0.05, 0.1) is 0 Å². The lowest BCUT2D eigenvalue weighted by Gasteiger charge is -2.35. The van der Waals surface area contributed by atoms with E-state index in [9.17, 15) is 5.11 Å². The second kappa shape index (κ2) is 11.6. The van der Waals surface area contributed by atoms with Crippen molar-refractivity contribution in [2.45, 2.75) is 39.3 Å². The van der Waals surface area contributed by atoms with Gasteiger partial charge in [-0.3, -0.25) is 9.80 Å². The highest BCUT2D eigenvalue weighted by molar-refractivity contribution is 5.85. The molecule has 0 aromatic heterocycles. The normalized spacial score (nSPS) is 16.4. The number of β-amino-alcohol motifs (C(OH)–C–C–N with tert-alkyl or cyclic N) is 1. The Morgan fingerprint density at radius 2 is 1.62 bits per heavy atom. The SMILES string of the molecule is Cc1ccc(C(C)C)c(OCC(O)CN2CCN(Cc3ccccc3)CC2)c1.Cl. The molecule has 1 unspecified atom stereocenters. The molecule has 0 spiro atoms. The fourth-order valence-corrected chi connectivity index (χ4v) is 3.75. The number of piperazine rings is 1. The molecule has 1 saturated heterocycles. The molecule has 0 saturated carbocycles. The van der Waals surface area contributed by atoms with E-state index in [1.807, 2.05) is 0 Å². The number of rotatable bonds is 8. The lowest BCUT2D eigenvalue weighted by molar-refractivity contribution is 0.0443. The van der Waals surface area contributed by atoms with Crippen molar-refractivity contribution in [3.8, 4) is 5.75 Å². The van der Waals surface area contributed by atoms with Crippen molar-refractivity contribution in [2.75, 3.05) is 39.3 Å². The molecule has 160 valence electrons. The molecule has 5 heteroatoms. The fourth-order valence-electron chi connectivity index (χ4n) is 3.75. The summed E-state index contributed by atoms with van der Waals surface area (Å²) in [5, 5.41) is 10.5. The first-order valence-corrected chi connectivity index (χ1v) is 10.4. The van der Waals surface area contributed by atoms with Crippen LogP contribution in [0.3, 0.4) is 0 Å². The van der Waals surface area contributed by atoms with E-state index in [1.54, 1.807) is 0 Å². The van der Waals surface area contributed by atoms with Gasteiger partial charge in [0, 0.05) is 39.3 Å². The zero-order valence-corrected chi connectivity index (χ0v) is 18.7. The Balaban J connectivity index is 0.00000300. The average Bonchev–Trinajstić information content (AvgIpc) is 2.68. The summed E-state index contributed by atoms with van der Waals surface area (Å²) < 4.78 is 6.00. The smallest absolute Gasteiger partial charge is 0.123 e. The molecule has 1 aliphatic heterocycles. The minimum Gasteiger partial charge on any atom is -0.491 e. The van der Waals surface area contributed by atoms with Gasteiger partial charge in [-0.2, -0.15) is 0 Å². The van der Waals surface area contributed by atoms with Gasteiger partial charge in [-0.25, -0.2) is 0 Å². The van der Waals surface area contributed by atoms with Crippen LogP contribution in [0, 0.1) is 6.92 Å². The first-order chi connectivity index (χ1) is 13.5. The predicted octanol–water partition coefficient (Wildman–Crippen LogP) is 4.10. The second-order valence-electron chi connectivity index (χ2n) is 8.22. The summed E-state index contributed by atoms with van der Waals surface area (Å²) >= 11 is 0. The summed E-state index contributed by atoms with van der Waals surface area (Å²) in [6.45, 7) is 12.5. The van der Waals surface area contributed by atoms with E-state index in [-0.39, 0.29) is 12.4 Å². The van der Waals surface area contributed by atoms with E-state index >= 15 is 0 Å². The molecular formula is C24H35ClN2O2. The van der Waals surface area contributed by atoms with Gasteiger partial charge >= 0.3 is 0 Å². The van der Waals surface area contributed by atoms with Crippen LogP contribution >= 0.6 is 12.4 Å². The fraction of sp³-hybridized carbons (Fsp3) is 0.500. The van der Waals surface area contributed by atoms with Gasteiger partial charge in [0.15, 0.2) is 0 Å². The average molecular weight is 419 g/mol. The van der Waals surface area contributed by atoms with E-state index in [2.05, 4.69) is 79.1 Å². The number of aryl methyl sites for hydroxylation is 1. The molecule has 1 heterocycles. The summed E-state index contributed by atoms with van der Waals surface area (Å²) in [5.74, 6) is 1.31. The number of halogens is 1. The number of hydrogen-bond acceptors (Lipinski definition) is 4. The van der Waals surface area contributed by atoms with Gasteiger partial charge in [0.25, 0.3) is 0 Å². The third-order valence-corrected chi connectivity index (χ3v) is 5.41. The molecule has 29 heavy (non-hydrogen) atoms. The minimum absolute atomic E-state index is 0. The molecule has 1 atom stereocenters. The summed E-state index contributed by atoms with van der Waals surface area (Å²) in [6.07, 6.45) is -0.471. The number of aliphatic hydroxyl groups excluding tert-OH is 1. The summed E-state index contributed by atoms with van der Waals surface area (Å²) in [6, 6.07) is 17.0. The Hall–Kier alpha value is -1.59. The zero-order chi connectivity index (χ0) is 19.9. The molecule has 1 N–H and O–H groups in total. The highest BCUT2D eigenvalue weighted by Gasteiger charge is 2.20. The van der Waals surface area contributed by atoms with Gasteiger partial charge in [-0.05, 0) is 35.6 Å². The van der Waals surface area contributed by atoms with Gasteiger partial charge < -0.3 is 9.84 Å². The van der Waals surface area contributed by atoms with Gasteiger partial charge in [-0.1, -0.05) is 56.3 Å². The Morgan fingerprint density at radius 1 is 0.966 bits per heavy atom. The summed E-state index contributed by atoms with van der Waals surface area (Å²) in [7, 11) is 0. The molecule has 1 aliphatic rings. The van der Waals surface area contributed by atoms with Crippen LogP contribution in [-0.4, -0.2) is 60.3 Å². The molecule has 1 fully saturated rings. The molecule has 0 aliphatic carbocycles. The van der Waals surface area contributed by atoms with E-state index < -0.39 is 6.10 Å². The summed E-state index contributed by atoms with van der Waals surface area (Å²) in [5.41, 5.74) is 3.75. The quantitative estimate of drug-likeness (QED) is 0.700. The highest BCUT2D eigenvalue weighted by atomic mass is 35.5. The van der Waals surface area contributed by atoms with Crippen molar-refractivity contribution in [1.29, 1.82) is 0 Å². The molecule has 3 rings (SSSR count). The van der Waals surface area contributed by atoms with Crippen LogP contribution < -0.4 is 4.74 Å². The first kappa shape index (κ1) is 23.7. The maximum Gasteiger partial charge on any atom is 0.123 e. The molecule has 2 aromatic carbocycles. The van der Waals surface area contributed by atoms with Crippen molar-refractivity contribution >= 4 is 12.4 Å². The van der Waals surface area contributed by atoms with E-state index in [0.717, 1.165) is 38.5 Å². The molecular weight excluding hydrogens is 384 g/mol. The van der Waals surface area contributed by atoms with Crippen molar-refractivity contribution in [1.82, 2.24) is 9.80 Å². The molecule has 0 amide bonds. The summed E-state index contributed by atoms with van der Waals surface area (Å²) in [4.78, 5) is 4.82. The first-order valence-electron chi connectivity index (χ1n) is 10.4. The molecule has 0 radical (unpaired) electrons. The second-order valence-corrected chi connectivity index (χ2v) is 8.22. The maximum absolute atomic E-state index is 10.5. The number of ether oxygens (including phenoxy) is 1. The van der Waals surface area contributed by atoms with Crippen molar-refractivity contribution in [3.05, 3.63) is 65.2 Å². The highest BCUT2D eigenvalue weighted by Crippen LogP contribution is 2.27. The van der Waals surface area contributed by atoms with Gasteiger partial charge in [0.1, 0.15) is 18.5 Å². The topological polar surface area (TPSA) is 35.9 Å². The van der Waals surface area contributed by atoms with Crippen molar-refractivity contribution in [2.24, 2.45) is 0 Å². The number of aliphatic hydroxyl groups is 1. The van der Waals surface area contributed by atoms with Crippen LogP contribution in [0.5, 0.6) is 5.75 Å². The van der Waals surface area contributed by atoms with Crippen LogP contribution in [0.2, 0.25) is 0 Å². The van der Waals surface area contributed by atoms with Crippen LogP contribution in [0.25, 0.3) is 0 Å². The van der Waals surface area contributed by atoms with Crippen LogP contribution in [-0.2, 0) is 6.54 Å². The monoisotopic (exact) mass is 418 g/mol. The third-order valence-electron chi connectivity index (χ3n) is 5.41. The van der Waals surface area contributed by atoms with Crippen molar-refractivity contribution in [3.63, 3.8) is 0 Å². The largest absolute Gasteiger partial charge is 0.491 e. The third kappa shape index (κ3) is 7.31. The maximum atomic E-state index is 10.5. The minimum atomic E-state index is -0.471. The van der Waals surface area contributed by atoms with E-state index in [1.165, 1.54) is 16.7 Å². The van der Waals surface area contributed by atoms with Gasteiger partial charge in [-0.15, -0.1) is 12.4 Å². The number of benzene rings is 2. The zero-order valence-electron chi connectivity index (χ0n) is 17.9. The van der Waals surface area contributed by atoms with Gasteiger partial charge in [0.2, 0.25) is 0 Å². The van der Waals surface area contributed by atoms with Crippen molar-refractivity contribution < 1.29 is 9.84 Å². The standard InChI is InChI=1S/C24H34N2O2.ClH/c1-19(2)23-10-9-20(3)15-24(23)28-18-22(27)17-26-13-11-25(12-14-26)16-21-7-5-4-6-8-21;/h4-10,15,19,22,27H,11-14,16-18H2,1-3H3;1H. The van der Waals surface area contributed by atoms with Crippen LogP contribution in [0.15, 0.2) is 48.5 Å². The Morgan fingerprint density at radius 3 is 2.28 bits per heavy atom. The lowest BCUT2D eigenvalue weighted by Crippen LogP contribution is -2.48.